The van der Waals surface area contributed by atoms with E-state index in [1.165, 1.54) is 0 Å². The van der Waals surface area contributed by atoms with Gasteiger partial charge in [-0.25, -0.2) is 9.97 Å². The number of aryl methyl sites for hydroxylation is 2. The smallest absolute Gasteiger partial charge is 0.293 e. The summed E-state index contributed by atoms with van der Waals surface area (Å²) in [6.07, 6.45) is 1.54. The first-order chi connectivity index (χ1) is 8.08. The zero-order valence-electron chi connectivity index (χ0n) is 9.32. The molecule has 0 aliphatic carbocycles. The summed E-state index contributed by atoms with van der Waals surface area (Å²) in [6.45, 7) is 3.39. The van der Waals surface area contributed by atoms with Crippen LogP contribution in [0, 0.1) is 13.8 Å². The number of carbonyl (C=O) groups excluding carboxylic acids is 1. The number of amides is 1. The van der Waals surface area contributed by atoms with Gasteiger partial charge in [0.05, 0.1) is 11.4 Å². The van der Waals surface area contributed by atoms with Crippen LogP contribution >= 0.6 is 11.6 Å². The predicted molar refractivity (Wildman–Crippen MR) is 63.2 cm³/mol. The molecule has 6 heteroatoms. The van der Waals surface area contributed by atoms with Gasteiger partial charge in [0, 0.05) is 13.1 Å². The van der Waals surface area contributed by atoms with E-state index in [0.717, 1.165) is 0 Å². The first-order valence-electron chi connectivity index (χ1n) is 4.94. The molecule has 1 N–H and O–H groups in total. The highest BCUT2D eigenvalue weighted by atomic mass is 35.5. The molecule has 0 fully saturated rings. The van der Waals surface area contributed by atoms with Gasteiger partial charge in [0.2, 0.25) is 5.76 Å². The normalized spacial score (nSPS) is 10.3. The number of pyridine rings is 1. The SMILES string of the molecule is Cc1nc(C)c(C(=O)Nc2cccnc2Cl)o1. The molecule has 0 saturated carbocycles. The minimum absolute atomic E-state index is 0.183. The van der Waals surface area contributed by atoms with Gasteiger partial charge in [-0.15, -0.1) is 0 Å². The van der Waals surface area contributed by atoms with Gasteiger partial charge in [0.15, 0.2) is 11.0 Å². The second-order valence-corrected chi connectivity index (χ2v) is 3.80. The van der Waals surface area contributed by atoms with E-state index in [-0.39, 0.29) is 10.9 Å². The fraction of sp³-hybridized carbons (Fsp3) is 0.182. The fourth-order valence-electron chi connectivity index (χ4n) is 1.40. The topological polar surface area (TPSA) is 68.0 Å². The Kier molecular flexibility index (Phi) is 3.10. The zero-order valence-corrected chi connectivity index (χ0v) is 10.1. The molecule has 0 saturated heterocycles. The van der Waals surface area contributed by atoms with Crippen molar-refractivity contribution in [3.8, 4) is 0 Å². The number of nitrogens with one attached hydrogen (secondary N) is 1. The van der Waals surface area contributed by atoms with Gasteiger partial charge < -0.3 is 9.73 Å². The molecule has 0 bridgehead atoms. The Morgan fingerprint density at radius 3 is 2.82 bits per heavy atom. The van der Waals surface area contributed by atoms with Gasteiger partial charge in [-0.2, -0.15) is 0 Å². The number of nitrogens with zero attached hydrogens (tertiary/aromatic N) is 2. The second-order valence-electron chi connectivity index (χ2n) is 3.44. The summed E-state index contributed by atoms with van der Waals surface area (Å²) >= 11 is 5.83. The van der Waals surface area contributed by atoms with E-state index in [1.807, 2.05) is 0 Å². The summed E-state index contributed by atoms with van der Waals surface area (Å²) in [4.78, 5) is 19.7. The molecule has 0 radical (unpaired) electrons. The van der Waals surface area contributed by atoms with Crippen molar-refractivity contribution in [3.05, 3.63) is 40.8 Å². The van der Waals surface area contributed by atoms with Crippen molar-refractivity contribution in [2.75, 3.05) is 5.32 Å². The maximum absolute atomic E-state index is 11.9. The quantitative estimate of drug-likeness (QED) is 0.833. The summed E-state index contributed by atoms with van der Waals surface area (Å²) in [5, 5.41) is 2.84. The number of rotatable bonds is 2. The molecular weight excluding hydrogens is 242 g/mol. The standard InChI is InChI=1S/C11H10ClN3O2/c1-6-9(17-7(2)14-6)11(16)15-8-4-3-5-13-10(8)12/h3-5H,1-2H3,(H,15,16). The average molecular weight is 252 g/mol. The Morgan fingerprint density at radius 2 is 2.24 bits per heavy atom. The van der Waals surface area contributed by atoms with E-state index in [4.69, 9.17) is 16.0 Å². The van der Waals surface area contributed by atoms with Crippen LogP contribution in [0.25, 0.3) is 0 Å². The van der Waals surface area contributed by atoms with Crippen molar-refractivity contribution in [2.24, 2.45) is 0 Å². The molecule has 88 valence electrons. The summed E-state index contributed by atoms with van der Waals surface area (Å²) < 4.78 is 5.20. The molecular formula is C11H10ClN3O2. The highest BCUT2D eigenvalue weighted by Crippen LogP contribution is 2.19. The average Bonchev–Trinajstić information content (AvgIpc) is 2.61. The van der Waals surface area contributed by atoms with Crippen LogP contribution in [0.15, 0.2) is 22.7 Å². The van der Waals surface area contributed by atoms with Crippen molar-refractivity contribution < 1.29 is 9.21 Å². The summed E-state index contributed by atoms with van der Waals surface area (Å²) in [5.41, 5.74) is 0.979. The fourth-order valence-corrected chi connectivity index (χ4v) is 1.57. The third-order valence-corrected chi connectivity index (χ3v) is 2.42. The molecule has 0 aromatic carbocycles. The van der Waals surface area contributed by atoms with Gasteiger partial charge in [-0.1, -0.05) is 11.6 Å². The first-order valence-corrected chi connectivity index (χ1v) is 5.31. The largest absolute Gasteiger partial charge is 0.436 e. The molecule has 2 aromatic heterocycles. The van der Waals surface area contributed by atoms with Crippen LogP contribution in [0.3, 0.4) is 0 Å². The van der Waals surface area contributed by atoms with Crippen LogP contribution in [0.5, 0.6) is 0 Å². The molecule has 0 atom stereocenters. The first kappa shape index (κ1) is 11.6. The van der Waals surface area contributed by atoms with Gasteiger partial charge in [-0.05, 0) is 19.1 Å². The molecule has 5 nitrogen and oxygen atoms in total. The molecule has 0 aliphatic rings. The number of hydrogen-bond acceptors (Lipinski definition) is 4. The van der Waals surface area contributed by atoms with Crippen molar-refractivity contribution in [2.45, 2.75) is 13.8 Å². The maximum Gasteiger partial charge on any atom is 0.293 e. The van der Waals surface area contributed by atoms with E-state index in [1.54, 1.807) is 32.2 Å². The van der Waals surface area contributed by atoms with Gasteiger partial charge in [0.1, 0.15) is 0 Å². The number of aromatic nitrogens is 2. The van der Waals surface area contributed by atoms with Gasteiger partial charge in [-0.3, -0.25) is 4.79 Å². The van der Waals surface area contributed by atoms with Crippen LogP contribution in [0.1, 0.15) is 22.1 Å². The Hall–Kier alpha value is -1.88. The minimum Gasteiger partial charge on any atom is -0.436 e. The van der Waals surface area contributed by atoms with Gasteiger partial charge in [0.25, 0.3) is 5.91 Å². The maximum atomic E-state index is 11.9. The van der Waals surface area contributed by atoms with E-state index >= 15 is 0 Å². The Labute approximate surface area is 103 Å². The van der Waals surface area contributed by atoms with Gasteiger partial charge >= 0.3 is 0 Å². The Balaban J connectivity index is 2.23. The highest BCUT2D eigenvalue weighted by Gasteiger charge is 2.16. The third-order valence-electron chi connectivity index (χ3n) is 2.12. The highest BCUT2D eigenvalue weighted by molar-refractivity contribution is 6.32. The van der Waals surface area contributed by atoms with Crippen LogP contribution < -0.4 is 5.32 Å². The minimum atomic E-state index is -0.391. The lowest BCUT2D eigenvalue weighted by molar-refractivity contribution is 0.0994. The van der Waals surface area contributed by atoms with Crippen LogP contribution in [0.4, 0.5) is 5.69 Å². The summed E-state index contributed by atoms with van der Waals surface area (Å²) in [5.74, 6) is 0.241. The third kappa shape index (κ3) is 2.45. The lowest BCUT2D eigenvalue weighted by atomic mass is 10.3. The number of carbonyl (C=O) groups is 1. The van der Waals surface area contributed by atoms with E-state index in [9.17, 15) is 4.79 Å². The van der Waals surface area contributed by atoms with E-state index in [0.29, 0.717) is 17.3 Å². The van der Waals surface area contributed by atoms with E-state index < -0.39 is 5.91 Å². The van der Waals surface area contributed by atoms with Crippen LogP contribution in [-0.2, 0) is 0 Å². The molecule has 0 aliphatic heterocycles. The van der Waals surface area contributed by atoms with Crippen molar-refractivity contribution in [1.82, 2.24) is 9.97 Å². The number of hydrogen-bond donors (Lipinski definition) is 1. The van der Waals surface area contributed by atoms with Crippen molar-refractivity contribution in [3.63, 3.8) is 0 Å². The lowest BCUT2D eigenvalue weighted by Crippen LogP contribution is -2.12. The number of anilines is 1. The molecule has 0 spiro atoms. The molecule has 0 unspecified atom stereocenters. The Bertz CT molecular complexity index is 566. The second kappa shape index (κ2) is 4.55. The Morgan fingerprint density at radius 1 is 1.47 bits per heavy atom. The van der Waals surface area contributed by atoms with Crippen molar-refractivity contribution in [1.29, 1.82) is 0 Å². The van der Waals surface area contributed by atoms with E-state index in [2.05, 4.69) is 15.3 Å². The molecule has 2 heterocycles. The molecule has 2 aromatic rings. The van der Waals surface area contributed by atoms with Crippen LogP contribution in [-0.4, -0.2) is 15.9 Å². The summed E-state index contributed by atoms with van der Waals surface area (Å²) in [7, 11) is 0. The molecule has 2 rings (SSSR count). The number of oxazole rings is 1. The predicted octanol–water partition coefficient (Wildman–Crippen LogP) is 2.59. The lowest BCUT2D eigenvalue weighted by Gasteiger charge is -2.04. The monoisotopic (exact) mass is 251 g/mol. The number of halogens is 1. The summed E-state index contributed by atoms with van der Waals surface area (Å²) in [6, 6.07) is 3.34. The zero-order chi connectivity index (χ0) is 12.4. The van der Waals surface area contributed by atoms with Crippen molar-refractivity contribution >= 4 is 23.2 Å². The molecule has 17 heavy (non-hydrogen) atoms. The van der Waals surface area contributed by atoms with Crippen LogP contribution in [0.2, 0.25) is 5.15 Å². The molecule has 1 amide bonds.